The molecule has 1 fully saturated rings. The van der Waals surface area contributed by atoms with E-state index in [0.29, 0.717) is 24.8 Å². The number of nitrogens with one attached hydrogen (secondary N) is 1. The van der Waals surface area contributed by atoms with Crippen LogP contribution in [0.1, 0.15) is 36.8 Å². The van der Waals surface area contributed by atoms with Crippen LogP contribution < -0.4 is 5.32 Å². The van der Waals surface area contributed by atoms with Crippen molar-refractivity contribution in [3.63, 3.8) is 0 Å². The summed E-state index contributed by atoms with van der Waals surface area (Å²) < 4.78 is 0. The quantitative estimate of drug-likeness (QED) is 0.907. The molecule has 0 spiro atoms. The van der Waals surface area contributed by atoms with Gasteiger partial charge in [-0.1, -0.05) is 6.92 Å². The molecule has 0 saturated carbocycles. The molecule has 1 amide bonds. The van der Waals surface area contributed by atoms with Crippen LogP contribution in [0.2, 0.25) is 0 Å². The third-order valence-corrected chi connectivity index (χ3v) is 5.26. The summed E-state index contributed by atoms with van der Waals surface area (Å²) in [5.74, 6) is 1.43. The standard InChI is InChI=1S/C15H25N3OS/c1-11(13-4-6-16-7-5-13)8-15(19)18(3)9-14-12(2)17-10-20-14/h10-11,13,16H,4-9H2,1-3H3. The average Bonchev–Trinajstić information content (AvgIpc) is 2.85. The van der Waals surface area contributed by atoms with E-state index in [1.165, 1.54) is 17.7 Å². The third-order valence-electron chi connectivity index (χ3n) is 4.34. The van der Waals surface area contributed by atoms with E-state index in [1.807, 2.05) is 24.4 Å². The van der Waals surface area contributed by atoms with Crippen LogP contribution in [0.5, 0.6) is 0 Å². The van der Waals surface area contributed by atoms with E-state index in [-0.39, 0.29) is 5.91 Å². The molecule has 1 N–H and O–H groups in total. The number of thiazole rings is 1. The first-order valence-corrected chi connectivity index (χ1v) is 8.29. The van der Waals surface area contributed by atoms with Crippen molar-refractivity contribution < 1.29 is 4.79 Å². The van der Waals surface area contributed by atoms with Crippen molar-refractivity contribution >= 4 is 17.2 Å². The van der Waals surface area contributed by atoms with Gasteiger partial charge in [-0.2, -0.15) is 0 Å². The van der Waals surface area contributed by atoms with Gasteiger partial charge in [0.25, 0.3) is 0 Å². The molecule has 0 aromatic carbocycles. The van der Waals surface area contributed by atoms with Gasteiger partial charge in [-0.15, -0.1) is 11.3 Å². The van der Waals surface area contributed by atoms with Gasteiger partial charge in [0.15, 0.2) is 0 Å². The van der Waals surface area contributed by atoms with E-state index >= 15 is 0 Å². The number of rotatable bonds is 5. The van der Waals surface area contributed by atoms with E-state index in [4.69, 9.17) is 0 Å². The van der Waals surface area contributed by atoms with E-state index in [1.54, 1.807) is 11.3 Å². The van der Waals surface area contributed by atoms with Gasteiger partial charge in [0, 0.05) is 18.3 Å². The number of carbonyl (C=O) groups excluding carboxylic acids is 1. The average molecular weight is 295 g/mol. The monoisotopic (exact) mass is 295 g/mol. The zero-order valence-corrected chi connectivity index (χ0v) is 13.5. The lowest BCUT2D eigenvalue weighted by molar-refractivity contribution is -0.131. The number of aryl methyl sites for hydroxylation is 1. The van der Waals surface area contributed by atoms with E-state index < -0.39 is 0 Å². The van der Waals surface area contributed by atoms with Crippen molar-refractivity contribution in [1.29, 1.82) is 0 Å². The number of hydrogen-bond acceptors (Lipinski definition) is 4. The summed E-state index contributed by atoms with van der Waals surface area (Å²) in [5, 5.41) is 3.38. The second-order valence-electron chi connectivity index (χ2n) is 5.88. The Morgan fingerprint density at radius 2 is 2.25 bits per heavy atom. The third kappa shape index (κ3) is 4.03. The molecule has 1 aromatic heterocycles. The lowest BCUT2D eigenvalue weighted by atomic mass is 9.84. The zero-order valence-electron chi connectivity index (χ0n) is 12.7. The first-order chi connectivity index (χ1) is 9.58. The molecule has 0 radical (unpaired) electrons. The molecule has 2 rings (SSSR count). The molecular weight excluding hydrogens is 270 g/mol. The van der Waals surface area contributed by atoms with Crippen LogP contribution in [0.3, 0.4) is 0 Å². The zero-order chi connectivity index (χ0) is 14.5. The summed E-state index contributed by atoms with van der Waals surface area (Å²) in [6.07, 6.45) is 3.07. The Balaban J connectivity index is 1.82. The minimum atomic E-state index is 0.254. The highest BCUT2D eigenvalue weighted by atomic mass is 32.1. The SMILES string of the molecule is Cc1ncsc1CN(C)C(=O)CC(C)C1CCNCC1. The largest absolute Gasteiger partial charge is 0.341 e. The van der Waals surface area contributed by atoms with Gasteiger partial charge in [-0.25, -0.2) is 4.98 Å². The number of piperidine rings is 1. The normalized spacial score (nSPS) is 17.9. The topological polar surface area (TPSA) is 45.2 Å². The molecule has 1 aliphatic rings. The van der Waals surface area contributed by atoms with Gasteiger partial charge < -0.3 is 10.2 Å². The van der Waals surface area contributed by atoms with Crippen molar-refractivity contribution in [3.8, 4) is 0 Å². The van der Waals surface area contributed by atoms with Crippen LogP contribution in [0, 0.1) is 18.8 Å². The number of hydrogen-bond donors (Lipinski definition) is 1. The maximum Gasteiger partial charge on any atom is 0.222 e. The molecule has 1 aliphatic heterocycles. The molecule has 5 heteroatoms. The molecule has 2 heterocycles. The first-order valence-electron chi connectivity index (χ1n) is 7.41. The minimum Gasteiger partial charge on any atom is -0.341 e. The smallest absolute Gasteiger partial charge is 0.222 e. The van der Waals surface area contributed by atoms with Crippen LogP contribution in [0.4, 0.5) is 0 Å². The Morgan fingerprint density at radius 1 is 1.55 bits per heavy atom. The first kappa shape index (κ1) is 15.4. The summed E-state index contributed by atoms with van der Waals surface area (Å²) in [6.45, 7) is 7.11. The van der Waals surface area contributed by atoms with Crippen LogP contribution in [0.25, 0.3) is 0 Å². The van der Waals surface area contributed by atoms with Crippen LogP contribution in [-0.4, -0.2) is 35.9 Å². The predicted molar refractivity (Wildman–Crippen MR) is 82.7 cm³/mol. The lowest BCUT2D eigenvalue weighted by Gasteiger charge is -2.29. The number of nitrogens with zero attached hydrogens (tertiary/aromatic N) is 2. The van der Waals surface area contributed by atoms with Gasteiger partial charge in [-0.3, -0.25) is 4.79 Å². The molecule has 20 heavy (non-hydrogen) atoms. The fourth-order valence-corrected chi connectivity index (χ4v) is 3.62. The summed E-state index contributed by atoms with van der Waals surface area (Å²) in [7, 11) is 1.90. The van der Waals surface area contributed by atoms with E-state index in [9.17, 15) is 4.79 Å². The minimum absolute atomic E-state index is 0.254. The summed E-state index contributed by atoms with van der Waals surface area (Å²) in [4.78, 5) is 19.6. The van der Waals surface area contributed by atoms with Crippen molar-refractivity contribution in [3.05, 3.63) is 16.1 Å². The van der Waals surface area contributed by atoms with E-state index in [0.717, 1.165) is 18.8 Å². The Kier molecular flexibility index (Phi) is 5.54. The Morgan fingerprint density at radius 3 is 2.85 bits per heavy atom. The van der Waals surface area contributed by atoms with Crippen LogP contribution in [0.15, 0.2) is 5.51 Å². The Labute approximate surface area is 125 Å². The second kappa shape index (κ2) is 7.18. The molecule has 0 aliphatic carbocycles. The molecule has 1 saturated heterocycles. The Bertz CT molecular complexity index is 440. The number of amides is 1. The molecule has 112 valence electrons. The summed E-state index contributed by atoms with van der Waals surface area (Å²) in [5.41, 5.74) is 2.89. The van der Waals surface area contributed by atoms with E-state index in [2.05, 4.69) is 17.2 Å². The van der Waals surface area contributed by atoms with Crippen molar-refractivity contribution in [1.82, 2.24) is 15.2 Å². The van der Waals surface area contributed by atoms with Gasteiger partial charge in [0.1, 0.15) is 0 Å². The lowest BCUT2D eigenvalue weighted by Crippen LogP contribution is -2.34. The van der Waals surface area contributed by atoms with Gasteiger partial charge in [0.2, 0.25) is 5.91 Å². The van der Waals surface area contributed by atoms with Gasteiger partial charge in [0.05, 0.1) is 17.7 Å². The van der Waals surface area contributed by atoms with Crippen molar-refractivity contribution in [2.24, 2.45) is 11.8 Å². The van der Waals surface area contributed by atoms with Crippen LogP contribution >= 0.6 is 11.3 Å². The fourth-order valence-electron chi connectivity index (χ4n) is 2.79. The Hall–Kier alpha value is -0.940. The molecule has 1 aromatic rings. The second-order valence-corrected chi connectivity index (χ2v) is 6.82. The van der Waals surface area contributed by atoms with Gasteiger partial charge in [-0.05, 0) is 44.7 Å². The molecular formula is C15H25N3OS. The number of aromatic nitrogens is 1. The molecule has 4 nitrogen and oxygen atoms in total. The highest BCUT2D eigenvalue weighted by molar-refractivity contribution is 7.09. The highest BCUT2D eigenvalue weighted by Gasteiger charge is 2.23. The summed E-state index contributed by atoms with van der Waals surface area (Å²) >= 11 is 1.63. The molecule has 1 unspecified atom stereocenters. The molecule has 1 atom stereocenters. The number of carbonyl (C=O) groups is 1. The molecule has 0 bridgehead atoms. The van der Waals surface area contributed by atoms with Crippen LogP contribution in [-0.2, 0) is 11.3 Å². The summed E-state index contributed by atoms with van der Waals surface area (Å²) in [6, 6.07) is 0. The van der Waals surface area contributed by atoms with Crippen molar-refractivity contribution in [2.75, 3.05) is 20.1 Å². The predicted octanol–water partition coefficient (Wildman–Crippen LogP) is 2.44. The maximum atomic E-state index is 12.3. The van der Waals surface area contributed by atoms with Crippen molar-refractivity contribution in [2.45, 2.75) is 39.7 Å². The highest BCUT2D eigenvalue weighted by Crippen LogP contribution is 2.25. The fraction of sp³-hybridized carbons (Fsp3) is 0.733. The van der Waals surface area contributed by atoms with Gasteiger partial charge >= 0.3 is 0 Å². The maximum absolute atomic E-state index is 12.3.